The fourth-order valence-electron chi connectivity index (χ4n) is 2.60. The lowest BCUT2D eigenvalue weighted by Gasteiger charge is -2.11. The van der Waals surface area contributed by atoms with E-state index in [1.165, 1.54) is 0 Å². The van der Waals surface area contributed by atoms with Crippen molar-refractivity contribution in [2.45, 2.75) is 32.6 Å². The highest BCUT2D eigenvalue weighted by atomic mass is 32.2. The highest BCUT2D eigenvalue weighted by Gasteiger charge is 2.24. The van der Waals surface area contributed by atoms with Crippen LogP contribution in [-0.2, 0) is 10.0 Å². The predicted molar refractivity (Wildman–Crippen MR) is 100 cm³/mol. The van der Waals surface area contributed by atoms with Crippen LogP contribution in [0, 0.1) is 27.7 Å². The SMILES string of the molecule is Cc1ccc(C)c(Nc2ccc(NS(=O)(=O)c3c(C)noc3C)nc2)c1. The fraction of sp³-hybridized carbons (Fsp3) is 0.222. The molecule has 0 saturated carbocycles. The van der Waals surface area contributed by atoms with E-state index in [9.17, 15) is 8.42 Å². The number of aryl methyl sites for hydroxylation is 4. The van der Waals surface area contributed by atoms with Crippen LogP contribution in [0.15, 0.2) is 45.9 Å². The smallest absolute Gasteiger partial charge is 0.268 e. The van der Waals surface area contributed by atoms with Crippen LogP contribution in [0.5, 0.6) is 0 Å². The Kier molecular flexibility index (Phi) is 4.69. The Morgan fingerprint density at radius 1 is 1.04 bits per heavy atom. The monoisotopic (exact) mass is 372 g/mol. The van der Waals surface area contributed by atoms with Crippen molar-refractivity contribution in [3.05, 3.63) is 59.1 Å². The first-order chi connectivity index (χ1) is 12.3. The second-order valence-corrected chi connectivity index (χ2v) is 7.75. The van der Waals surface area contributed by atoms with Crippen LogP contribution in [0.3, 0.4) is 0 Å². The molecule has 0 aliphatic rings. The quantitative estimate of drug-likeness (QED) is 0.706. The third-order valence-electron chi connectivity index (χ3n) is 3.91. The summed E-state index contributed by atoms with van der Waals surface area (Å²) in [6, 6.07) is 9.50. The first-order valence-electron chi connectivity index (χ1n) is 8.02. The Hall–Kier alpha value is -2.87. The van der Waals surface area contributed by atoms with Crippen molar-refractivity contribution in [2.75, 3.05) is 10.0 Å². The molecule has 26 heavy (non-hydrogen) atoms. The molecule has 0 radical (unpaired) electrons. The minimum absolute atomic E-state index is 0.0388. The first-order valence-corrected chi connectivity index (χ1v) is 9.50. The van der Waals surface area contributed by atoms with Gasteiger partial charge in [0.25, 0.3) is 10.0 Å². The molecule has 0 fully saturated rings. The Labute approximate surface area is 152 Å². The molecule has 0 amide bonds. The summed E-state index contributed by atoms with van der Waals surface area (Å²) in [7, 11) is -3.80. The van der Waals surface area contributed by atoms with Crippen LogP contribution in [0.1, 0.15) is 22.6 Å². The number of hydrogen-bond acceptors (Lipinski definition) is 6. The number of aromatic nitrogens is 2. The molecular formula is C18H20N4O3S. The highest BCUT2D eigenvalue weighted by molar-refractivity contribution is 7.92. The average Bonchev–Trinajstić information content (AvgIpc) is 2.92. The van der Waals surface area contributed by atoms with Gasteiger partial charge >= 0.3 is 0 Å². The zero-order valence-corrected chi connectivity index (χ0v) is 15.8. The standard InChI is InChI=1S/C18H20N4O3S/c1-11-5-6-12(2)16(9-11)20-15-7-8-17(19-10-15)22-26(23,24)18-13(3)21-25-14(18)4/h5-10,20H,1-4H3,(H,19,22). The van der Waals surface area contributed by atoms with Crippen LogP contribution < -0.4 is 10.0 Å². The van der Waals surface area contributed by atoms with Crippen LogP contribution in [0.2, 0.25) is 0 Å². The third-order valence-corrected chi connectivity index (χ3v) is 5.51. The van der Waals surface area contributed by atoms with E-state index in [4.69, 9.17) is 4.52 Å². The van der Waals surface area contributed by atoms with Crippen molar-refractivity contribution >= 4 is 27.2 Å². The second-order valence-electron chi connectivity index (χ2n) is 6.13. The predicted octanol–water partition coefficient (Wildman–Crippen LogP) is 3.85. The van der Waals surface area contributed by atoms with Crippen molar-refractivity contribution < 1.29 is 12.9 Å². The van der Waals surface area contributed by atoms with Crippen molar-refractivity contribution in [3.63, 3.8) is 0 Å². The van der Waals surface area contributed by atoms with Crippen molar-refractivity contribution in [1.29, 1.82) is 0 Å². The van der Waals surface area contributed by atoms with E-state index in [2.05, 4.69) is 20.2 Å². The van der Waals surface area contributed by atoms with Gasteiger partial charge in [0.2, 0.25) is 0 Å². The third kappa shape index (κ3) is 3.70. The van der Waals surface area contributed by atoms with Crippen molar-refractivity contribution in [3.8, 4) is 0 Å². The molecule has 3 rings (SSSR count). The Balaban J connectivity index is 1.79. The molecule has 8 heteroatoms. The Morgan fingerprint density at radius 3 is 2.42 bits per heavy atom. The number of rotatable bonds is 5. The number of nitrogens with zero attached hydrogens (tertiary/aromatic N) is 2. The molecule has 136 valence electrons. The molecule has 0 spiro atoms. The van der Waals surface area contributed by atoms with Gasteiger partial charge in [0.05, 0.1) is 11.9 Å². The average molecular weight is 372 g/mol. The molecular weight excluding hydrogens is 352 g/mol. The molecule has 1 aromatic carbocycles. The molecule has 3 aromatic rings. The molecule has 0 aliphatic heterocycles. The number of nitrogens with one attached hydrogen (secondary N) is 2. The zero-order valence-electron chi connectivity index (χ0n) is 15.0. The number of benzene rings is 1. The topological polar surface area (TPSA) is 97.1 Å². The summed E-state index contributed by atoms with van der Waals surface area (Å²) in [4.78, 5) is 4.22. The summed E-state index contributed by atoms with van der Waals surface area (Å²) in [6.07, 6.45) is 1.58. The molecule has 0 bridgehead atoms. The number of anilines is 3. The van der Waals surface area contributed by atoms with Gasteiger partial charge in [0.15, 0.2) is 10.7 Å². The highest BCUT2D eigenvalue weighted by Crippen LogP contribution is 2.24. The lowest BCUT2D eigenvalue weighted by molar-refractivity contribution is 0.390. The summed E-state index contributed by atoms with van der Waals surface area (Å²) < 4.78 is 32.4. The zero-order chi connectivity index (χ0) is 18.9. The molecule has 7 nitrogen and oxygen atoms in total. The number of pyridine rings is 1. The van der Waals surface area contributed by atoms with Crippen molar-refractivity contribution in [1.82, 2.24) is 10.1 Å². The van der Waals surface area contributed by atoms with Gasteiger partial charge in [-0.3, -0.25) is 4.72 Å². The minimum atomic E-state index is -3.80. The first kappa shape index (κ1) is 17.9. The molecule has 0 atom stereocenters. The maximum atomic E-state index is 12.5. The van der Waals surface area contributed by atoms with Gasteiger partial charge in [-0.25, -0.2) is 13.4 Å². The van der Waals surface area contributed by atoms with Crippen LogP contribution in [-0.4, -0.2) is 18.6 Å². The van der Waals surface area contributed by atoms with Crippen LogP contribution >= 0.6 is 0 Å². The molecule has 0 aliphatic carbocycles. The van der Waals surface area contributed by atoms with E-state index in [1.54, 1.807) is 32.2 Å². The van der Waals surface area contributed by atoms with E-state index < -0.39 is 10.0 Å². The van der Waals surface area contributed by atoms with Crippen LogP contribution in [0.4, 0.5) is 17.2 Å². The van der Waals surface area contributed by atoms with Gasteiger partial charge in [-0.05, 0) is 57.0 Å². The van der Waals surface area contributed by atoms with E-state index in [0.29, 0.717) is 5.69 Å². The van der Waals surface area contributed by atoms with E-state index in [0.717, 1.165) is 22.5 Å². The summed E-state index contributed by atoms with van der Waals surface area (Å²) in [5.41, 5.74) is 4.31. The maximum Gasteiger partial charge on any atom is 0.268 e. The largest absolute Gasteiger partial charge is 0.360 e. The summed E-state index contributed by atoms with van der Waals surface area (Å²) in [6.45, 7) is 7.17. The summed E-state index contributed by atoms with van der Waals surface area (Å²) in [5, 5.41) is 6.96. The Morgan fingerprint density at radius 2 is 1.81 bits per heavy atom. The van der Waals surface area contributed by atoms with Gasteiger partial charge in [-0.15, -0.1) is 0 Å². The van der Waals surface area contributed by atoms with Gasteiger partial charge in [0.1, 0.15) is 11.5 Å². The van der Waals surface area contributed by atoms with Gasteiger partial charge < -0.3 is 9.84 Å². The fourth-order valence-corrected chi connectivity index (χ4v) is 3.94. The molecule has 2 N–H and O–H groups in total. The molecule has 2 aromatic heterocycles. The van der Waals surface area contributed by atoms with Gasteiger partial charge in [-0.2, -0.15) is 0 Å². The summed E-state index contributed by atoms with van der Waals surface area (Å²) >= 11 is 0. The van der Waals surface area contributed by atoms with Crippen LogP contribution in [0.25, 0.3) is 0 Å². The van der Waals surface area contributed by atoms with E-state index in [-0.39, 0.29) is 16.5 Å². The lowest BCUT2D eigenvalue weighted by Crippen LogP contribution is -2.15. The van der Waals surface area contributed by atoms with Gasteiger partial charge in [-0.1, -0.05) is 17.3 Å². The molecule has 0 unspecified atom stereocenters. The number of sulfonamides is 1. The number of hydrogen-bond donors (Lipinski definition) is 2. The van der Waals surface area contributed by atoms with Gasteiger partial charge in [0, 0.05) is 5.69 Å². The second kappa shape index (κ2) is 6.80. The molecule has 0 saturated heterocycles. The van der Waals surface area contributed by atoms with E-state index in [1.807, 2.05) is 32.0 Å². The Bertz CT molecular complexity index is 1020. The molecule has 2 heterocycles. The summed E-state index contributed by atoms with van der Waals surface area (Å²) in [5.74, 6) is 0.458. The normalized spacial score (nSPS) is 11.4. The minimum Gasteiger partial charge on any atom is -0.360 e. The van der Waals surface area contributed by atoms with E-state index >= 15 is 0 Å². The van der Waals surface area contributed by atoms with Crippen molar-refractivity contribution in [2.24, 2.45) is 0 Å². The lowest BCUT2D eigenvalue weighted by atomic mass is 10.1. The maximum absolute atomic E-state index is 12.5.